The van der Waals surface area contributed by atoms with Crippen LogP contribution in [0.1, 0.15) is 43.1 Å². The van der Waals surface area contributed by atoms with Crippen LogP contribution in [-0.4, -0.2) is 37.5 Å². The predicted molar refractivity (Wildman–Crippen MR) is 132 cm³/mol. The molecule has 7 nitrogen and oxygen atoms in total. The van der Waals surface area contributed by atoms with Crippen molar-refractivity contribution < 1.29 is 9.18 Å². The number of ketones is 1. The number of nitrogens with one attached hydrogen (secondary N) is 2. The molecule has 0 amide bonds. The highest BCUT2D eigenvalue weighted by Crippen LogP contribution is 2.26. The molecule has 2 aromatic carbocycles. The van der Waals surface area contributed by atoms with Crippen molar-refractivity contribution in [1.82, 2.24) is 19.9 Å². The number of benzene rings is 2. The zero-order valence-electron chi connectivity index (χ0n) is 19.4. The smallest absolute Gasteiger partial charge is 0.182 e. The molecule has 8 heteroatoms. The molecule has 34 heavy (non-hydrogen) atoms. The number of aromatic amines is 1. The number of aliphatic imine (C=N–C) groups is 1. The van der Waals surface area contributed by atoms with Crippen LogP contribution in [0, 0.1) is 11.7 Å². The number of aryl methyl sites for hydroxylation is 1. The highest BCUT2D eigenvalue weighted by molar-refractivity contribution is 6.02. The largest absolute Gasteiger partial charge is 0.360 e. The molecule has 0 aliphatic heterocycles. The monoisotopic (exact) mass is 458 g/mol. The van der Waals surface area contributed by atoms with Crippen LogP contribution in [0.3, 0.4) is 0 Å². The summed E-state index contributed by atoms with van der Waals surface area (Å²) in [6, 6.07) is 14.2. The number of hydrogen-bond acceptors (Lipinski definition) is 6. The zero-order chi connectivity index (χ0) is 24.1. The highest BCUT2D eigenvalue weighted by atomic mass is 19.1. The Kier molecular flexibility index (Phi) is 7.06. The number of rotatable bonds is 9. The molecule has 0 bridgehead atoms. The van der Waals surface area contributed by atoms with E-state index in [0.29, 0.717) is 22.7 Å². The van der Waals surface area contributed by atoms with Gasteiger partial charge in [-0.05, 0) is 56.4 Å². The summed E-state index contributed by atoms with van der Waals surface area (Å²) in [6.07, 6.45) is 4.77. The average Bonchev–Trinajstić information content (AvgIpc) is 3.32. The number of fused-ring (bicyclic) bond motifs is 1. The molecule has 4 aromatic rings. The normalized spacial score (nSPS) is 13.6. The van der Waals surface area contributed by atoms with Crippen molar-refractivity contribution in [2.45, 2.75) is 39.7 Å². The maximum atomic E-state index is 13.8. The van der Waals surface area contributed by atoms with Crippen molar-refractivity contribution >= 4 is 34.2 Å². The van der Waals surface area contributed by atoms with E-state index in [-0.39, 0.29) is 23.3 Å². The molecule has 0 aliphatic carbocycles. The Labute approximate surface area is 197 Å². The summed E-state index contributed by atoms with van der Waals surface area (Å²) in [5, 5.41) is 3.42. The van der Waals surface area contributed by atoms with Crippen molar-refractivity contribution in [3.8, 4) is 0 Å². The summed E-state index contributed by atoms with van der Waals surface area (Å²) >= 11 is 0. The number of Topliss-reactive ketones (excluding diaryl/α,β-unsaturated/α-hetero) is 1. The van der Waals surface area contributed by atoms with E-state index in [4.69, 9.17) is 4.99 Å². The molecular formula is C26H27FN6O. The maximum absolute atomic E-state index is 13.8. The van der Waals surface area contributed by atoms with E-state index in [1.165, 1.54) is 30.9 Å². The van der Waals surface area contributed by atoms with Crippen LogP contribution in [0.2, 0.25) is 0 Å². The van der Waals surface area contributed by atoms with Gasteiger partial charge >= 0.3 is 0 Å². The minimum Gasteiger partial charge on any atom is -0.360 e. The number of halogens is 1. The maximum Gasteiger partial charge on any atom is 0.182 e. The number of hydrogen-bond donors (Lipinski definition) is 2. The van der Waals surface area contributed by atoms with Crippen molar-refractivity contribution in [2.24, 2.45) is 10.9 Å². The molecule has 0 radical (unpaired) electrons. The van der Waals surface area contributed by atoms with Gasteiger partial charge in [0.2, 0.25) is 0 Å². The van der Waals surface area contributed by atoms with Gasteiger partial charge in [-0.15, -0.1) is 0 Å². The van der Waals surface area contributed by atoms with Gasteiger partial charge in [-0.25, -0.2) is 19.3 Å². The Morgan fingerprint density at radius 1 is 1.12 bits per heavy atom. The molecule has 0 fully saturated rings. The molecule has 2 N–H and O–H groups in total. The third-order valence-corrected chi connectivity index (χ3v) is 5.82. The Balaban J connectivity index is 1.67. The second-order valence-electron chi connectivity index (χ2n) is 8.37. The van der Waals surface area contributed by atoms with E-state index in [1.807, 2.05) is 25.1 Å². The van der Waals surface area contributed by atoms with Crippen molar-refractivity contribution in [3.63, 3.8) is 0 Å². The molecule has 0 saturated heterocycles. The van der Waals surface area contributed by atoms with Gasteiger partial charge in [0.1, 0.15) is 17.7 Å². The molecule has 0 saturated carbocycles. The van der Waals surface area contributed by atoms with Gasteiger partial charge in [0.15, 0.2) is 17.2 Å². The van der Waals surface area contributed by atoms with Gasteiger partial charge < -0.3 is 10.3 Å². The Bertz CT molecular complexity index is 1320. The van der Waals surface area contributed by atoms with Crippen LogP contribution >= 0.6 is 0 Å². The van der Waals surface area contributed by atoms with Gasteiger partial charge in [-0.2, -0.15) is 0 Å². The molecule has 0 aliphatic rings. The summed E-state index contributed by atoms with van der Waals surface area (Å²) in [4.78, 5) is 32.9. The quantitative estimate of drug-likeness (QED) is 0.254. The number of H-pyrrole nitrogens is 1. The zero-order valence-corrected chi connectivity index (χ0v) is 19.4. The first-order chi connectivity index (χ1) is 16.4. The summed E-state index contributed by atoms with van der Waals surface area (Å²) in [5.74, 6) is -0.00254. The van der Waals surface area contributed by atoms with Gasteiger partial charge in [-0.1, -0.05) is 37.3 Å². The number of nitrogens with zero attached hydrogens (tertiary/aromatic N) is 4. The van der Waals surface area contributed by atoms with Crippen molar-refractivity contribution in [3.05, 3.63) is 78.1 Å². The van der Waals surface area contributed by atoms with Crippen LogP contribution in [-0.2, 0) is 6.42 Å². The highest BCUT2D eigenvalue weighted by Gasteiger charge is 2.21. The van der Waals surface area contributed by atoms with E-state index in [9.17, 15) is 9.18 Å². The standard InChI is InChI=1S/C26H27FN6O/c1-16(9-10-19-7-5-4-6-8-19)23(33-22-12-11-20(27)13-21(22)18(3)34)17(2)32-26-24-25(29-14-28-24)30-15-31-26/h4-8,11-17H,9-10H2,1-3H3,(H2,28,29,30,31,32). The molecular weight excluding hydrogens is 431 g/mol. The van der Waals surface area contributed by atoms with Crippen LogP contribution in [0.5, 0.6) is 0 Å². The molecule has 0 spiro atoms. The van der Waals surface area contributed by atoms with Gasteiger partial charge in [0.25, 0.3) is 0 Å². The molecule has 2 aromatic heterocycles. The minimum absolute atomic E-state index is 0.0756. The summed E-state index contributed by atoms with van der Waals surface area (Å²) in [5.41, 5.74) is 4.08. The van der Waals surface area contributed by atoms with Crippen LogP contribution in [0.4, 0.5) is 15.9 Å². The SMILES string of the molecule is CC(=O)c1cc(F)ccc1N=C(C(C)CCc1ccccc1)C(C)Nc1ncnc2nc[nH]c12. The van der Waals surface area contributed by atoms with Crippen molar-refractivity contribution in [1.29, 1.82) is 0 Å². The van der Waals surface area contributed by atoms with Crippen molar-refractivity contribution in [2.75, 3.05) is 5.32 Å². The molecule has 4 rings (SSSR count). The fourth-order valence-electron chi connectivity index (χ4n) is 3.99. The number of aromatic nitrogens is 4. The topological polar surface area (TPSA) is 95.9 Å². The first-order valence-electron chi connectivity index (χ1n) is 11.3. The molecule has 2 heterocycles. The number of carbonyl (C=O) groups is 1. The summed E-state index contributed by atoms with van der Waals surface area (Å²) in [7, 11) is 0. The van der Waals surface area contributed by atoms with Gasteiger partial charge in [-0.3, -0.25) is 9.79 Å². The number of imidazole rings is 1. The molecule has 174 valence electrons. The van der Waals surface area contributed by atoms with Gasteiger partial charge in [0.05, 0.1) is 18.1 Å². The van der Waals surface area contributed by atoms with E-state index in [2.05, 4.69) is 44.3 Å². The number of carbonyl (C=O) groups excluding carboxylic acids is 1. The summed E-state index contributed by atoms with van der Waals surface area (Å²) in [6.45, 7) is 5.53. The van der Waals surface area contributed by atoms with Crippen LogP contribution in [0.25, 0.3) is 11.2 Å². The van der Waals surface area contributed by atoms with E-state index >= 15 is 0 Å². The predicted octanol–water partition coefficient (Wildman–Crippen LogP) is 5.54. The lowest BCUT2D eigenvalue weighted by molar-refractivity contribution is 0.101. The molecule has 2 atom stereocenters. The fraction of sp³-hybridized carbons (Fsp3) is 0.269. The lowest BCUT2D eigenvalue weighted by Crippen LogP contribution is -2.32. The minimum atomic E-state index is -0.461. The second kappa shape index (κ2) is 10.3. The second-order valence-corrected chi connectivity index (χ2v) is 8.37. The fourth-order valence-corrected chi connectivity index (χ4v) is 3.99. The Hall–Kier alpha value is -3.94. The average molecular weight is 459 g/mol. The third kappa shape index (κ3) is 5.33. The summed E-state index contributed by atoms with van der Waals surface area (Å²) < 4.78 is 13.8. The Morgan fingerprint density at radius 2 is 1.91 bits per heavy atom. The van der Waals surface area contributed by atoms with Crippen LogP contribution in [0.15, 0.2) is 66.2 Å². The lowest BCUT2D eigenvalue weighted by atomic mass is 9.92. The third-order valence-electron chi connectivity index (χ3n) is 5.82. The number of anilines is 1. The van der Waals surface area contributed by atoms with Crippen LogP contribution < -0.4 is 5.32 Å². The van der Waals surface area contributed by atoms with E-state index < -0.39 is 5.82 Å². The first kappa shape index (κ1) is 23.2. The lowest BCUT2D eigenvalue weighted by Gasteiger charge is -2.23. The molecule has 2 unspecified atom stereocenters. The first-order valence-corrected chi connectivity index (χ1v) is 11.3. The van der Waals surface area contributed by atoms with E-state index in [1.54, 1.807) is 12.4 Å². The van der Waals surface area contributed by atoms with Gasteiger partial charge in [0, 0.05) is 11.3 Å². The van der Waals surface area contributed by atoms with E-state index in [0.717, 1.165) is 18.6 Å². The Morgan fingerprint density at radius 3 is 2.68 bits per heavy atom.